The third-order valence-electron chi connectivity index (χ3n) is 6.14. The van der Waals surface area contributed by atoms with Crippen molar-refractivity contribution in [2.75, 3.05) is 19.0 Å². The molecule has 9 nitrogen and oxygen atoms in total. The molecule has 32 heavy (non-hydrogen) atoms. The molecule has 6 N–H and O–H groups in total. The maximum Gasteiger partial charge on any atom is 0.278 e. The first kappa shape index (κ1) is 24.9. The van der Waals surface area contributed by atoms with Gasteiger partial charge in [0, 0.05) is 16.6 Å². The van der Waals surface area contributed by atoms with Gasteiger partial charge in [0.25, 0.3) is 17.5 Å². The van der Waals surface area contributed by atoms with Crippen molar-refractivity contribution in [3.05, 3.63) is 29.8 Å². The molecule has 0 radical (unpaired) electrons. The number of ether oxygens (including phenoxy) is 1. The number of benzene rings is 1. The summed E-state index contributed by atoms with van der Waals surface area (Å²) in [4.78, 5) is 26.7. The van der Waals surface area contributed by atoms with Crippen LogP contribution in [0.2, 0.25) is 0 Å². The molecular formula is C22H32N2O7S. The Hall–Kier alpha value is -1.69. The standard InChI is InChI=1S/C22H32N2O7S/c1-19(2,3)13-5-7-15(8-6-13)32-11-14-9-10-31-22(16(26)20(4,29)12-25)18(28)23-21(14,30)17(27)24-22/h5-8,14,16,25-26,29-30H,9-12H2,1-4H3,(H,23,28)(H,24,27)/t14?,16-,20+,21+,22-/m0/s1. The molecule has 2 amide bonds. The molecule has 0 aromatic heterocycles. The molecule has 3 heterocycles. The van der Waals surface area contributed by atoms with Gasteiger partial charge < -0.3 is 35.8 Å². The maximum absolute atomic E-state index is 12.9. The average Bonchev–Trinajstić information content (AvgIpc) is 2.72. The lowest BCUT2D eigenvalue weighted by Gasteiger charge is -2.51. The number of carbonyl (C=O) groups is 2. The molecular weight excluding hydrogens is 436 g/mol. The fourth-order valence-electron chi connectivity index (χ4n) is 3.85. The number of hydrogen-bond donors (Lipinski definition) is 6. The highest BCUT2D eigenvalue weighted by molar-refractivity contribution is 7.99. The molecule has 1 aromatic rings. The SMILES string of the molecule is CC(C)(C)c1ccc(SCC2CCO[C@]3([C@@H](O)[C@](C)(O)CO)NC(=O)[C@@]2(O)NC3=O)cc1. The van der Waals surface area contributed by atoms with Crippen LogP contribution in [0.15, 0.2) is 29.2 Å². The first-order valence-electron chi connectivity index (χ1n) is 10.5. The Balaban J connectivity index is 1.78. The summed E-state index contributed by atoms with van der Waals surface area (Å²) in [7, 11) is 0. The van der Waals surface area contributed by atoms with E-state index in [9.17, 15) is 30.0 Å². The lowest BCUT2D eigenvalue weighted by Crippen LogP contribution is -2.83. The zero-order valence-electron chi connectivity index (χ0n) is 18.7. The Kier molecular flexibility index (Phi) is 6.69. The molecule has 3 aliphatic heterocycles. The van der Waals surface area contributed by atoms with E-state index in [0.717, 1.165) is 11.8 Å². The second-order valence-corrected chi connectivity index (χ2v) is 10.8. The van der Waals surface area contributed by atoms with E-state index >= 15 is 0 Å². The van der Waals surface area contributed by atoms with Gasteiger partial charge in [-0.2, -0.15) is 0 Å². The van der Waals surface area contributed by atoms with Crippen LogP contribution in [-0.2, 0) is 19.7 Å². The number of hydrogen-bond acceptors (Lipinski definition) is 8. The molecule has 10 heteroatoms. The van der Waals surface area contributed by atoms with Crippen LogP contribution in [0.4, 0.5) is 0 Å². The second-order valence-electron chi connectivity index (χ2n) is 9.75. The van der Waals surface area contributed by atoms with Crippen LogP contribution in [0.25, 0.3) is 0 Å². The summed E-state index contributed by atoms with van der Waals surface area (Å²) in [6.45, 7) is 6.54. The van der Waals surface area contributed by atoms with Crippen molar-refractivity contribution in [1.29, 1.82) is 0 Å². The van der Waals surface area contributed by atoms with E-state index in [1.807, 2.05) is 24.3 Å². The van der Waals surface area contributed by atoms with E-state index in [0.29, 0.717) is 5.75 Å². The van der Waals surface area contributed by atoms with Crippen molar-refractivity contribution in [3.8, 4) is 0 Å². The number of piperazine rings is 1. The Morgan fingerprint density at radius 2 is 1.78 bits per heavy atom. The van der Waals surface area contributed by atoms with Gasteiger partial charge >= 0.3 is 0 Å². The van der Waals surface area contributed by atoms with Gasteiger partial charge in [-0.25, -0.2) is 0 Å². The monoisotopic (exact) mass is 468 g/mol. The molecule has 0 aliphatic carbocycles. The molecule has 1 aromatic carbocycles. The third-order valence-corrected chi connectivity index (χ3v) is 7.31. The van der Waals surface area contributed by atoms with Gasteiger partial charge in [0.2, 0.25) is 5.72 Å². The molecule has 0 spiro atoms. The first-order chi connectivity index (χ1) is 14.8. The summed E-state index contributed by atoms with van der Waals surface area (Å²) in [5.74, 6) is -2.29. The molecule has 5 atom stereocenters. The minimum atomic E-state index is -2.32. The number of aliphatic hydroxyl groups is 4. The minimum absolute atomic E-state index is 0.0252. The number of aliphatic hydroxyl groups excluding tert-OH is 2. The summed E-state index contributed by atoms with van der Waals surface area (Å²) < 4.78 is 5.59. The molecule has 3 saturated heterocycles. The van der Waals surface area contributed by atoms with Crippen LogP contribution in [0.3, 0.4) is 0 Å². The lowest BCUT2D eigenvalue weighted by atomic mass is 9.83. The average molecular weight is 469 g/mol. The highest BCUT2D eigenvalue weighted by Crippen LogP contribution is 2.36. The van der Waals surface area contributed by atoms with Gasteiger partial charge in [0.05, 0.1) is 13.2 Å². The van der Waals surface area contributed by atoms with E-state index in [-0.39, 0.29) is 18.4 Å². The van der Waals surface area contributed by atoms with Crippen molar-refractivity contribution >= 4 is 23.6 Å². The van der Waals surface area contributed by atoms with Gasteiger partial charge in [0.15, 0.2) is 0 Å². The van der Waals surface area contributed by atoms with E-state index < -0.39 is 47.5 Å². The zero-order valence-corrected chi connectivity index (χ0v) is 19.5. The Morgan fingerprint density at radius 3 is 2.34 bits per heavy atom. The van der Waals surface area contributed by atoms with Gasteiger partial charge in [-0.05, 0) is 36.5 Å². The number of thioether (sulfide) groups is 1. The van der Waals surface area contributed by atoms with Crippen LogP contribution < -0.4 is 10.6 Å². The summed E-state index contributed by atoms with van der Waals surface area (Å²) in [5, 5.41) is 45.8. The van der Waals surface area contributed by atoms with Crippen LogP contribution in [0.5, 0.6) is 0 Å². The largest absolute Gasteiger partial charge is 0.393 e. The highest BCUT2D eigenvalue weighted by atomic mass is 32.2. The smallest absolute Gasteiger partial charge is 0.278 e. The van der Waals surface area contributed by atoms with Crippen molar-refractivity contribution in [2.24, 2.45) is 5.92 Å². The van der Waals surface area contributed by atoms with E-state index in [4.69, 9.17) is 4.74 Å². The topological polar surface area (TPSA) is 148 Å². The summed E-state index contributed by atoms with van der Waals surface area (Å²) >= 11 is 1.44. The molecule has 3 fully saturated rings. The van der Waals surface area contributed by atoms with Crippen molar-refractivity contribution < 1.29 is 34.8 Å². The van der Waals surface area contributed by atoms with Gasteiger partial charge in [0.1, 0.15) is 11.7 Å². The highest BCUT2D eigenvalue weighted by Gasteiger charge is 2.64. The predicted octanol–water partition coefficient (Wildman–Crippen LogP) is -0.152. The zero-order chi connectivity index (χ0) is 23.9. The van der Waals surface area contributed by atoms with E-state index in [1.165, 1.54) is 17.3 Å². The van der Waals surface area contributed by atoms with Crippen molar-refractivity contribution in [1.82, 2.24) is 10.6 Å². The third kappa shape index (κ3) is 4.40. The molecule has 2 bridgehead atoms. The molecule has 1 unspecified atom stereocenters. The summed E-state index contributed by atoms with van der Waals surface area (Å²) in [6, 6.07) is 8.03. The van der Waals surface area contributed by atoms with Crippen molar-refractivity contribution in [3.63, 3.8) is 0 Å². The van der Waals surface area contributed by atoms with Gasteiger partial charge in [-0.3, -0.25) is 9.59 Å². The number of fused-ring (bicyclic) bond motifs is 5. The predicted molar refractivity (Wildman–Crippen MR) is 118 cm³/mol. The number of rotatable bonds is 6. The fraction of sp³-hybridized carbons (Fsp3) is 0.636. The Labute approximate surface area is 191 Å². The van der Waals surface area contributed by atoms with Crippen LogP contribution >= 0.6 is 11.8 Å². The summed E-state index contributed by atoms with van der Waals surface area (Å²) in [6.07, 6.45) is -1.76. The van der Waals surface area contributed by atoms with Crippen molar-refractivity contribution in [2.45, 2.75) is 67.6 Å². The van der Waals surface area contributed by atoms with Gasteiger partial charge in [-0.1, -0.05) is 32.9 Å². The molecule has 0 saturated carbocycles. The van der Waals surface area contributed by atoms with E-state index in [1.54, 1.807) is 0 Å². The number of amides is 2. The van der Waals surface area contributed by atoms with E-state index in [2.05, 4.69) is 31.4 Å². The van der Waals surface area contributed by atoms with Crippen LogP contribution in [-0.4, -0.2) is 74.4 Å². The fourth-order valence-corrected chi connectivity index (χ4v) is 4.98. The minimum Gasteiger partial charge on any atom is -0.393 e. The first-order valence-corrected chi connectivity index (χ1v) is 11.5. The molecule has 178 valence electrons. The number of carbonyl (C=O) groups excluding carboxylic acids is 2. The van der Waals surface area contributed by atoms with Crippen LogP contribution in [0, 0.1) is 5.92 Å². The Bertz CT molecular complexity index is 870. The normalized spacial score (nSPS) is 31.2. The van der Waals surface area contributed by atoms with Gasteiger partial charge in [-0.15, -0.1) is 11.8 Å². The Morgan fingerprint density at radius 1 is 1.16 bits per heavy atom. The molecule has 4 rings (SSSR count). The number of nitrogens with one attached hydrogen (secondary N) is 2. The maximum atomic E-state index is 12.9. The lowest BCUT2D eigenvalue weighted by molar-refractivity contribution is -0.240. The molecule has 3 aliphatic rings. The summed E-state index contributed by atoms with van der Waals surface area (Å²) in [5.41, 5.74) is -5.44. The second kappa shape index (κ2) is 8.58. The quantitative estimate of drug-likeness (QED) is 0.316. The van der Waals surface area contributed by atoms with Crippen LogP contribution in [0.1, 0.15) is 39.7 Å².